The Morgan fingerprint density at radius 3 is 3.07 bits per heavy atom. The van der Waals surface area contributed by atoms with Crippen LogP contribution in [0.5, 0.6) is 0 Å². The van der Waals surface area contributed by atoms with Gasteiger partial charge in [0.1, 0.15) is 18.5 Å². The third-order valence-electron chi connectivity index (χ3n) is 1.85. The monoisotopic (exact) mass is 189 g/mol. The van der Waals surface area contributed by atoms with Crippen LogP contribution in [0, 0.1) is 0 Å². The second-order valence-electron chi connectivity index (χ2n) is 2.86. The zero-order chi connectivity index (χ0) is 9.80. The Bertz CT molecular complexity index is 395. The van der Waals surface area contributed by atoms with Gasteiger partial charge in [0, 0.05) is 7.05 Å². The van der Waals surface area contributed by atoms with Crippen LogP contribution in [0.3, 0.4) is 0 Å². The van der Waals surface area contributed by atoms with Gasteiger partial charge < -0.3 is 5.32 Å². The fourth-order valence-corrected chi connectivity index (χ4v) is 1.19. The van der Waals surface area contributed by atoms with Crippen molar-refractivity contribution in [3.05, 3.63) is 36.5 Å². The van der Waals surface area contributed by atoms with Crippen LogP contribution < -0.4 is 5.32 Å². The first-order chi connectivity index (χ1) is 6.88. The van der Waals surface area contributed by atoms with Gasteiger partial charge in [-0.15, -0.1) is 0 Å². The minimum absolute atomic E-state index is 0.648. The number of rotatable bonds is 3. The predicted molar refractivity (Wildman–Crippen MR) is 52.9 cm³/mol. The first-order valence-corrected chi connectivity index (χ1v) is 4.34. The predicted octanol–water partition coefficient (Wildman–Crippen LogP) is 0.763. The van der Waals surface area contributed by atoms with Crippen LogP contribution in [-0.2, 0) is 6.54 Å². The van der Waals surface area contributed by atoms with Crippen molar-refractivity contribution in [1.82, 2.24) is 19.7 Å². The lowest BCUT2D eigenvalue weighted by molar-refractivity contribution is 0.671. The average Bonchev–Trinajstić information content (AvgIpc) is 2.71. The van der Waals surface area contributed by atoms with Crippen LogP contribution in [0.1, 0.15) is 5.69 Å². The van der Waals surface area contributed by atoms with E-state index in [0.717, 1.165) is 11.5 Å². The molecule has 0 unspecified atom stereocenters. The second kappa shape index (κ2) is 3.87. The van der Waals surface area contributed by atoms with E-state index in [4.69, 9.17) is 0 Å². The molecule has 0 saturated carbocycles. The Labute approximate surface area is 81.8 Å². The zero-order valence-electron chi connectivity index (χ0n) is 7.88. The van der Waals surface area contributed by atoms with E-state index in [0.29, 0.717) is 6.54 Å². The molecule has 2 heterocycles. The standard InChI is InChI=1S/C9H11N5/c1-10-9-4-2-3-8(13-9)5-14-7-11-6-12-14/h2-4,6-7H,5H2,1H3,(H,10,13). The van der Waals surface area contributed by atoms with Gasteiger partial charge in [0.15, 0.2) is 0 Å². The highest BCUT2D eigenvalue weighted by molar-refractivity contribution is 5.34. The van der Waals surface area contributed by atoms with E-state index in [2.05, 4.69) is 20.4 Å². The molecule has 0 fully saturated rings. The van der Waals surface area contributed by atoms with Crippen molar-refractivity contribution in [2.45, 2.75) is 6.54 Å². The molecule has 0 spiro atoms. The topological polar surface area (TPSA) is 55.6 Å². The number of aromatic nitrogens is 4. The third kappa shape index (κ3) is 1.87. The Morgan fingerprint density at radius 1 is 1.43 bits per heavy atom. The normalized spacial score (nSPS) is 10.1. The van der Waals surface area contributed by atoms with Gasteiger partial charge in [-0.05, 0) is 12.1 Å². The minimum atomic E-state index is 0.648. The van der Waals surface area contributed by atoms with Crippen LogP contribution >= 0.6 is 0 Å². The molecular formula is C9H11N5. The molecule has 0 amide bonds. The van der Waals surface area contributed by atoms with Gasteiger partial charge in [-0.1, -0.05) is 6.07 Å². The van der Waals surface area contributed by atoms with Crippen LogP contribution in [0.25, 0.3) is 0 Å². The molecule has 2 aromatic heterocycles. The highest BCUT2D eigenvalue weighted by Gasteiger charge is 1.97. The van der Waals surface area contributed by atoms with E-state index < -0.39 is 0 Å². The maximum Gasteiger partial charge on any atom is 0.137 e. The molecule has 0 aliphatic heterocycles. The van der Waals surface area contributed by atoms with E-state index in [9.17, 15) is 0 Å². The van der Waals surface area contributed by atoms with Crippen LogP contribution in [0.2, 0.25) is 0 Å². The van der Waals surface area contributed by atoms with Gasteiger partial charge in [0.25, 0.3) is 0 Å². The van der Waals surface area contributed by atoms with Gasteiger partial charge >= 0.3 is 0 Å². The highest BCUT2D eigenvalue weighted by atomic mass is 15.3. The van der Waals surface area contributed by atoms with Crippen molar-refractivity contribution in [3.8, 4) is 0 Å². The quantitative estimate of drug-likeness (QED) is 0.774. The largest absolute Gasteiger partial charge is 0.373 e. The molecule has 5 nitrogen and oxygen atoms in total. The van der Waals surface area contributed by atoms with Crippen LogP contribution in [0.15, 0.2) is 30.9 Å². The molecule has 72 valence electrons. The van der Waals surface area contributed by atoms with Crippen molar-refractivity contribution in [2.24, 2.45) is 0 Å². The molecule has 2 rings (SSSR count). The van der Waals surface area contributed by atoms with Crippen molar-refractivity contribution >= 4 is 5.82 Å². The molecule has 0 aliphatic carbocycles. The molecule has 0 aromatic carbocycles. The summed E-state index contributed by atoms with van der Waals surface area (Å²) in [5, 5.41) is 7.00. The molecule has 2 aromatic rings. The molecule has 5 heteroatoms. The zero-order valence-corrected chi connectivity index (χ0v) is 7.88. The Kier molecular flexibility index (Phi) is 2.40. The van der Waals surface area contributed by atoms with E-state index in [-0.39, 0.29) is 0 Å². The van der Waals surface area contributed by atoms with Crippen molar-refractivity contribution in [2.75, 3.05) is 12.4 Å². The Balaban J connectivity index is 2.17. The molecule has 1 N–H and O–H groups in total. The Morgan fingerprint density at radius 2 is 2.36 bits per heavy atom. The number of hydrogen-bond acceptors (Lipinski definition) is 4. The molecule has 14 heavy (non-hydrogen) atoms. The summed E-state index contributed by atoms with van der Waals surface area (Å²) in [7, 11) is 1.85. The summed E-state index contributed by atoms with van der Waals surface area (Å²) in [6, 6.07) is 5.85. The number of anilines is 1. The second-order valence-corrected chi connectivity index (χ2v) is 2.86. The summed E-state index contributed by atoms with van der Waals surface area (Å²) >= 11 is 0. The maximum atomic E-state index is 4.37. The molecular weight excluding hydrogens is 178 g/mol. The van der Waals surface area contributed by atoms with E-state index in [1.54, 1.807) is 11.0 Å². The van der Waals surface area contributed by atoms with Gasteiger partial charge in [-0.25, -0.2) is 14.6 Å². The molecule has 0 aliphatic rings. The van der Waals surface area contributed by atoms with E-state index >= 15 is 0 Å². The summed E-state index contributed by atoms with van der Waals surface area (Å²) in [6.07, 6.45) is 3.19. The van der Waals surface area contributed by atoms with Gasteiger partial charge in [-0.3, -0.25) is 0 Å². The van der Waals surface area contributed by atoms with E-state index in [1.165, 1.54) is 6.33 Å². The fourth-order valence-electron chi connectivity index (χ4n) is 1.19. The van der Waals surface area contributed by atoms with Crippen molar-refractivity contribution < 1.29 is 0 Å². The summed E-state index contributed by atoms with van der Waals surface area (Å²) in [4.78, 5) is 8.24. The maximum absolute atomic E-state index is 4.37. The van der Waals surface area contributed by atoms with Crippen LogP contribution in [0.4, 0.5) is 5.82 Å². The first-order valence-electron chi connectivity index (χ1n) is 4.34. The summed E-state index contributed by atoms with van der Waals surface area (Å²) in [5.41, 5.74) is 0.961. The van der Waals surface area contributed by atoms with E-state index in [1.807, 2.05) is 25.2 Å². The number of pyridine rings is 1. The lowest BCUT2D eigenvalue weighted by Gasteiger charge is -2.03. The number of hydrogen-bond donors (Lipinski definition) is 1. The van der Waals surface area contributed by atoms with Gasteiger partial charge in [-0.2, -0.15) is 5.10 Å². The highest BCUT2D eigenvalue weighted by Crippen LogP contribution is 2.04. The minimum Gasteiger partial charge on any atom is -0.373 e. The third-order valence-corrected chi connectivity index (χ3v) is 1.85. The summed E-state index contributed by atoms with van der Waals surface area (Å²) in [5.74, 6) is 0.864. The number of nitrogens with zero attached hydrogens (tertiary/aromatic N) is 4. The average molecular weight is 189 g/mol. The Hall–Kier alpha value is -1.91. The first kappa shape index (κ1) is 8.68. The van der Waals surface area contributed by atoms with Crippen LogP contribution in [-0.4, -0.2) is 26.8 Å². The SMILES string of the molecule is CNc1cccc(Cn2cncn2)n1. The smallest absolute Gasteiger partial charge is 0.137 e. The number of nitrogens with one attached hydrogen (secondary N) is 1. The lowest BCUT2D eigenvalue weighted by Crippen LogP contribution is -2.03. The fraction of sp³-hybridized carbons (Fsp3) is 0.222. The van der Waals surface area contributed by atoms with Gasteiger partial charge in [0.05, 0.1) is 12.2 Å². The van der Waals surface area contributed by atoms with Gasteiger partial charge in [0.2, 0.25) is 0 Å². The summed E-state index contributed by atoms with van der Waals surface area (Å²) in [6.45, 7) is 0.648. The lowest BCUT2D eigenvalue weighted by atomic mass is 10.3. The molecule has 0 bridgehead atoms. The molecule has 0 atom stereocenters. The summed E-state index contributed by atoms with van der Waals surface area (Å²) < 4.78 is 1.74. The van der Waals surface area contributed by atoms with Crippen molar-refractivity contribution in [3.63, 3.8) is 0 Å². The molecule has 0 saturated heterocycles. The molecule has 0 radical (unpaired) electrons. The van der Waals surface area contributed by atoms with Crippen molar-refractivity contribution in [1.29, 1.82) is 0 Å².